The Morgan fingerprint density at radius 1 is 1.17 bits per heavy atom. The van der Waals surface area contributed by atoms with Crippen LogP contribution in [0, 0.1) is 0 Å². The van der Waals surface area contributed by atoms with Crippen molar-refractivity contribution in [2.24, 2.45) is 15.7 Å². The van der Waals surface area contributed by atoms with Gasteiger partial charge < -0.3 is 15.7 Å². The van der Waals surface area contributed by atoms with E-state index in [1.807, 2.05) is 49.3 Å². The molecule has 1 aromatic rings. The lowest BCUT2D eigenvalue weighted by molar-refractivity contribution is 0.399. The molecular weight excluding hydrogens is 230 g/mol. The molecule has 0 saturated carbocycles. The van der Waals surface area contributed by atoms with E-state index in [4.69, 9.17) is 10.8 Å². The summed E-state index contributed by atoms with van der Waals surface area (Å²) in [6.07, 6.45) is -0.250. The van der Waals surface area contributed by atoms with Gasteiger partial charge in [-0.3, -0.25) is 5.32 Å². The molecule has 0 radical (unpaired) electrons. The molecule has 0 spiro atoms. The molecular formula is C12H19N5O. The zero-order valence-corrected chi connectivity index (χ0v) is 10.8. The summed E-state index contributed by atoms with van der Waals surface area (Å²) >= 11 is 0. The number of aliphatic hydroxyl groups excluding tert-OH is 1. The zero-order chi connectivity index (χ0) is 13.5. The van der Waals surface area contributed by atoms with Crippen LogP contribution in [0.4, 0.5) is 0 Å². The SMILES string of the molecule is CN(C)C1=NC(c2ccccc2)N=C(N)N1.CO. The Hall–Kier alpha value is -2.08. The molecule has 6 heteroatoms. The van der Waals surface area contributed by atoms with Crippen molar-refractivity contribution in [3.8, 4) is 0 Å². The third kappa shape index (κ3) is 3.46. The number of aliphatic imine (C=N–C) groups is 2. The molecule has 4 N–H and O–H groups in total. The van der Waals surface area contributed by atoms with Crippen LogP contribution in [0.25, 0.3) is 0 Å². The number of aliphatic hydroxyl groups is 1. The number of guanidine groups is 2. The van der Waals surface area contributed by atoms with Gasteiger partial charge in [-0.25, -0.2) is 9.98 Å². The van der Waals surface area contributed by atoms with Gasteiger partial charge in [0.05, 0.1) is 0 Å². The van der Waals surface area contributed by atoms with E-state index in [1.54, 1.807) is 0 Å². The first-order valence-corrected chi connectivity index (χ1v) is 5.52. The van der Waals surface area contributed by atoms with Crippen LogP contribution < -0.4 is 11.1 Å². The van der Waals surface area contributed by atoms with E-state index in [-0.39, 0.29) is 6.17 Å². The summed E-state index contributed by atoms with van der Waals surface area (Å²) in [6.45, 7) is 0. The topological polar surface area (TPSA) is 86.2 Å². The molecule has 1 aromatic carbocycles. The fourth-order valence-corrected chi connectivity index (χ4v) is 1.46. The predicted octanol–water partition coefficient (Wildman–Crippen LogP) is 0.129. The van der Waals surface area contributed by atoms with Gasteiger partial charge in [-0.2, -0.15) is 0 Å². The minimum absolute atomic E-state index is 0.250. The van der Waals surface area contributed by atoms with Crippen molar-refractivity contribution in [3.63, 3.8) is 0 Å². The van der Waals surface area contributed by atoms with Gasteiger partial charge in [-0.1, -0.05) is 30.3 Å². The third-order valence-corrected chi connectivity index (χ3v) is 2.27. The molecule has 18 heavy (non-hydrogen) atoms. The molecule has 1 aliphatic rings. The van der Waals surface area contributed by atoms with Gasteiger partial charge in [-0.15, -0.1) is 0 Å². The van der Waals surface area contributed by atoms with Crippen LogP contribution in [-0.2, 0) is 0 Å². The smallest absolute Gasteiger partial charge is 0.202 e. The van der Waals surface area contributed by atoms with Crippen molar-refractivity contribution in [2.75, 3.05) is 21.2 Å². The molecule has 1 unspecified atom stereocenters. The van der Waals surface area contributed by atoms with Crippen LogP contribution in [-0.4, -0.2) is 43.1 Å². The molecule has 0 fully saturated rings. The zero-order valence-electron chi connectivity index (χ0n) is 10.8. The molecule has 98 valence electrons. The number of hydrogen-bond acceptors (Lipinski definition) is 6. The molecule has 6 nitrogen and oxygen atoms in total. The molecule has 0 aromatic heterocycles. The van der Waals surface area contributed by atoms with Crippen molar-refractivity contribution in [1.29, 1.82) is 0 Å². The lowest BCUT2D eigenvalue weighted by Crippen LogP contribution is -2.46. The van der Waals surface area contributed by atoms with E-state index in [0.29, 0.717) is 5.96 Å². The number of nitrogens with two attached hydrogens (primary N) is 1. The van der Waals surface area contributed by atoms with Crippen molar-refractivity contribution in [3.05, 3.63) is 35.9 Å². The Morgan fingerprint density at radius 2 is 1.78 bits per heavy atom. The molecule has 1 aliphatic heterocycles. The first-order valence-electron chi connectivity index (χ1n) is 5.52. The lowest BCUT2D eigenvalue weighted by Gasteiger charge is -2.23. The maximum atomic E-state index is 7.00. The van der Waals surface area contributed by atoms with Gasteiger partial charge >= 0.3 is 0 Å². The van der Waals surface area contributed by atoms with Gasteiger partial charge in [0, 0.05) is 21.2 Å². The number of rotatable bonds is 1. The van der Waals surface area contributed by atoms with Crippen molar-refractivity contribution in [2.45, 2.75) is 6.17 Å². The minimum Gasteiger partial charge on any atom is -0.400 e. The standard InChI is InChI=1S/C11H15N5.CH4O/c1-16(2)11-14-9(13-10(12)15-11)8-6-4-3-5-7-8;1-2/h3-7,9H,1-2H3,(H3,12,13,14,15);2H,1H3. The normalized spacial score (nSPS) is 17.7. The van der Waals surface area contributed by atoms with E-state index in [1.165, 1.54) is 0 Å². The van der Waals surface area contributed by atoms with E-state index in [2.05, 4.69) is 15.3 Å². The summed E-state index contributed by atoms with van der Waals surface area (Å²) in [7, 11) is 4.82. The van der Waals surface area contributed by atoms with Gasteiger partial charge in [-0.05, 0) is 5.56 Å². The Labute approximate surface area is 107 Å². The average molecular weight is 249 g/mol. The Bertz CT molecular complexity index is 427. The highest BCUT2D eigenvalue weighted by Crippen LogP contribution is 2.20. The van der Waals surface area contributed by atoms with E-state index in [9.17, 15) is 0 Å². The summed E-state index contributed by atoms with van der Waals surface area (Å²) in [5.41, 5.74) is 6.76. The number of nitrogens with one attached hydrogen (secondary N) is 1. The average Bonchev–Trinajstić information content (AvgIpc) is 2.41. The highest BCUT2D eigenvalue weighted by atomic mass is 16.2. The highest BCUT2D eigenvalue weighted by molar-refractivity contribution is 5.99. The van der Waals surface area contributed by atoms with Crippen LogP contribution in [0.5, 0.6) is 0 Å². The largest absolute Gasteiger partial charge is 0.400 e. The molecule has 0 aliphatic carbocycles. The third-order valence-electron chi connectivity index (χ3n) is 2.27. The fourth-order valence-electron chi connectivity index (χ4n) is 1.46. The highest BCUT2D eigenvalue weighted by Gasteiger charge is 2.17. The number of nitrogens with zero attached hydrogens (tertiary/aromatic N) is 3. The first kappa shape index (κ1) is 14.0. The summed E-state index contributed by atoms with van der Waals surface area (Å²) in [4.78, 5) is 10.6. The van der Waals surface area contributed by atoms with Crippen LogP contribution in [0.3, 0.4) is 0 Å². The second kappa shape index (κ2) is 6.61. The second-order valence-corrected chi connectivity index (χ2v) is 3.77. The maximum Gasteiger partial charge on any atom is 0.202 e. The van der Waals surface area contributed by atoms with Gasteiger partial charge in [0.25, 0.3) is 0 Å². The molecule has 1 atom stereocenters. The van der Waals surface area contributed by atoms with Gasteiger partial charge in [0.15, 0.2) is 12.1 Å². The maximum absolute atomic E-state index is 7.00. The van der Waals surface area contributed by atoms with Crippen LogP contribution >= 0.6 is 0 Å². The van der Waals surface area contributed by atoms with E-state index in [0.717, 1.165) is 18.6 Å². The number of hydrogen-bond donors (Lipinski definition) is 3. The molecule has 0 saturated heterocycles. The molecule has 0 amide bonds. The Morgan fingerprint density at radius 3 is 2.33 bits per heavy atom. The van der Waals surface area contributed by atoms with Crippen LogP contribution in [0.2, 0.25) is 0 Å². The first-order chi connectivity index (χ1) is 8.66. The van der Waals surface area contributed by atoms with Crippen molar-refractivity contribution >= 4 is 11.9 Å². The summed E-state index contributed by atoms with van der Waals surface area (Å²) < 4.78 is 0. The molecule has 1 heterocycles. The predicted molar refractivity (Wildman–Crippen MR) is 73.2 cm³/mol. The number of benzene rings is 1. The van der Waals surface area contributed by atoms with E-state index < -0.39 is 0 Å². The summed E-state index contributed by atoms with van der Waals surface area (Å²) in [5, 5.41) is 9.92. The Kier molecular flexibility index (Phi) is 5.13. The van der Waals surface area contributed by atoms with E-state index >= 15 is 0 Å². The molecule has 2 rings (SSSR count). The van der Waals surface area contributed by atoms with Gasteiger partial charge in [0.2, 0.25) is 5.96 Å². The van der Waals surface area contributed by atoms with Crippen molar-refractivity contribution in [1.82, 2.24) is 10.2 Å². The van der Waals surface area contributed by atoms with Crippen molar-refractivity contribution < 1.29 is 5.11 Å². The lowest BCUT2D eigenvalue weighted by atomic mass is 10.2. The summed E-state index contributed by atoms with van der Waals surface area (Å²) in [5.74, 6) is 1.12. The second-order valence-electron chi connectivity index (χ2n) is 3.77. The minimum atomic E-state index is -0.250. The van der Waals surface area contributed by atoms with Gasteiger partial charge in [0.1, 0.15) is 0 Å². The summed E-state index contributed by atoms with van der Waals surface area (Å²) in [6, 6.07) is 9.88. The molecule has 0 bridgehead atoms. The fraction of sp³-hybridized carbons (Fsp3) is 0.333. The quantitative estimate of drug-likeness (QED) is 0.660. The Balaban J connectivity index is 0.000000771. The van der Waals surface area contributed by atoms with Crippen LogP contribution in [0.15, 0.2) is 40.3 Å². The van der Waals surface area contributed by atoms with Crippen LogP contribution in [0.1, 0.15) is 11.7 Å². The monoisotopic (exact) mass is 249 g/mol.